The van der Waals surface area contributed by atoms with Crippen LogP contribution < -0.4 is 5.32 Å². The highest BCUT2D eigenvalue weighted by Crippen LogP contribution is 2.41. The first kappa shape index (κ1) is 15.7. The minimum Gasteiger partial charge on any atom is -0.351 e. The predicted octanol–water partition coefficient (Wildman–Crippen LogP) is 4.09. The molecule has 0 saturated heterocycles. The second-order valence-corrected chi connectivity index (χ2v) is 6.07. The van der Waals surface area contributed by atoms with E-state index < -0.39 is 5.41 Å². The van der Waals surface area contributed by atoms with E-state index in [1.807, 2.05) is 0 Å². The molecule has 4 heteroatoms. The number of rotatable bonds is 4. The second kappa shape index (κ2) is 6.49. The van der Waals surface area contributed by atoms with Gasteiger partial charge in [0.2, 0.25) is 5.91 Å². The van der Waals surface area contributed by atoms with Gasteiger partial charge in [-0.25, -0.2) is 8.78 Å². The van der Waals surface area contributed by atoms with Crippen molar-refractivity contribution in [1.82, 2.24) is 5.32 Å². The zero-order chi connectivity index (χ0) is 16.3. The molecule has 3 rings (SSSR count). The lowest BCUT2D eigenvalue weighted by molar-refractivity contribution is -0.126. The van der Waals surface area contributed by atoms with Crippen LogP contribution in [0.25, 0.3) is 0 Å². The van der Waals surface area contributed by atoms with Gasteiger partial charge in [-0.05, 0) is 36.6 Å². The summed E-state index contributed by atoms with van der Waals surface area (Å²) >= 11 is 0. The van der Waals surface area contributed by atoms with E-state index in [4.69, 9.17) is 0 Å². The van der Waals surface area contributed by atoms with Crippen LogP contribution in [-0.2, 0) is 16.8 Å². The van der Waals surface area contributed by atoms with E-state index in [2.05, 4.69) is 5.32 Å². The summed E-state index contributed by atoms with van der Waals surface area (Å²) < 4.78 is 26.9. The van der Waals surface area contributed by atoms with Crippen LogP contribution in [0.2, 0.25) is 0 Å². The Kier molecular flexibility index (Phi) is 4.42. The van der Waals surface area contributed by atoms with Crippen LogP contribution in [0.1, 0.15) is 36.8 Å². The van der Waals surface area contributed by atoms with Crippen LogP contribution >= 0.6 is 0 Å². The Hall–Kier alpha value is -2.23. The van der Waals surface area contributed by atoms with Crippen molar-refractivity contribution in [2.75, 3.05) is 0 Å². The zero-order valence-electron chi connectivity index (χ0n) is 12.8. The number of halogens is 2. The minimum absolute atomic E-state index is 0.107. The second-order valence-electron chi connectivity index (χ2n) is 6.07. The molecule has 2 nitrogen and oxygen atoms in total. The standard InChI is InChI=1S/C19H19F2NO/c20-16-9-7-15(8-10-16)19(11-3-4-12-19)18(23)22-13-14-5-1-2-6-17(14)21/h1-2,5-10H,3-4,11-13H2,(H,22,23). The third kappa shape index (κ3) is 3.11. The highest BCUT2D eigenvalue weighted by Gasteiger charge is 2.42. The molecule has 1 aliphatic carbocycles. The van der Waals surface area contributed by atoms with Gasteiger partial charge in [0.05, 0.1) is 5.41 Å². The van der Waals surface area contributed by atoms with Gasteiger partial charge in [0.1, 0.15) is 11.6 Å². The summed E-state index contributed by atoms with van der Waals surface area (Å²) in [7, 11) is 0. The summed E-state index contributed by atoms with van der Waals surface area (Å²) in [4.78, 5) is 12.8. The van der Waals surface area contributed by atoms with Crippen LogP contribution in [0.5, 0.6) is 0 Å². The third-order valence-electron chi connectivity index (χ3n) is 4.69. The fourth-order valence-corrected chi connectivity index (χ4v) is 3.38. The first-order valence-electron chi connectivity index (χ1n) is 7.90. The quantitative estimate of drug-likeness (QED) is 0.904. The average Bonchev–Trinajstić information content (AvgIpc) is 3.05. The number of hydrogen-bond donors (Lipinski definition) is 1. The Morgan fingerprint density at radius 1 is 1.00 bits per heavy atom. The maximum absolute atomic E-state index is 13.7. The van der Waals surface area contributed by atoms with E-state index in [0.717, 1.165) is 31.2 Å². The lowest BCUT2D eigenvalue weighted by Crippen LogP contribution is -2.42. The molecule has 2 aromatic rings. The van der Waals surface area contributed by atoms with Gasteiger partial charge in [-0.1, -0.05) is 43.2 Å². The van der Waals surface area contributed by atoms with E-state index >= 15 is 0 Å². The van der Waals surface area contributed by atoms with Crippen LogP contribution in [-0.4, -0.2) is 5.91 Å². The third-order valence-corrected chi connectivity index (χ3v) is 4.69. The molecule has 1 N–H and O–H groups in total. The highest BCUT2D eigenvalue weighted by molar-refractivity contribution is 5.88. The smallest absolute Gasteiger partial charge is 0.230 e. The molecule has 0 atom stereocenters. The van der Waals surface area contributed by atoms with Gasteiger partial charge in [-0.2, -0.15) is 0 Å². The van der Waals surface area contributed by atoms with Gasteiger partial charge < -0.3 is 5.32 Å². The summed E-state index contributed by atoms with van der Waals surface area (Å²) in [5.74, 6) is -0.742. The molecule has 0 spiro atoms. The van der Waals surface area contributed by atoms with Crippen LogP contribution in [0.15, 0.2) is 48.5 Å². The van der Waals surface area contributed by atoms with Gasteiger partial charge in [0.15, 0.2) is 0 Å². The van der Waals surface area contributed by atoms with E-state index in [0.29, 0.717) is 5.56 Å². The van der Waals surface area contributed by atoms with Crippen molar-refractivity contribution < 1.29 is 13.6 Å². The van der Waals surface area contributed by atoms with Gasteiger partial charge in [0.25, 0.3) is 0 Å². The van der Waals surface area contributed by atoms with Crippen molar-refractivity contribution in [2.24, 2.45) is 0 Å². The molecule has 0 aromatic heterocycles. The number of carbonyl (C=O) groups excluding carboxylic acids is 1. The Balaban J connectivity index is 1.79. The summed E-state index contributed by atoms with van der Waals surface area (Å²) in [6.45, 7) is 0.161. The fourth-order valence-electron chi connectivity index (χ4n) is 3.38. The zero-order valence-corrected chi connectivity index (χ0v) is 12.8. The van der Waals surface area contributed by atoms with Crippen molar-refractivity contribution in [3.63, 3.8) is 0 Å². The van der Waals surface area contributed by atoms with Crippen molar-refractivity contribution >= 4 is 5.91 Å². The van der Waals surface area contributed by atoms with Crippen molar-refractivity contribution in [1.29, 1.82) is 0 Å². The van der Waals surface area contributed by atoms with Crippen molar-refractivity contribution in [3.8, 4) is 0 Å². The average molecular weight is 315 g/mol. The number of benzene rings is 2. The molecule has 1 aliphatic rings. The first-order chi connectivity index (χ1) is 11.1. The Bertz CT molecular complexity index is 691. The molecular formula is C19H19F2NO. The molecule has 0 unspecified atom stereocenters. The summed E-state index contributed by atoms with van der Waals surface area (Å²) in [5.41, 5.74) is 0.675. The Morgan fingerprint density at radius 2 is 1.65 bits per heavy atom. The van der Waals surface area contributed by atoms with Crippen LogP contribution in [0.4, 0.5) is 8.78 Å². The van der Waals surface area contributed by atoms with Gasteiger partial charge >= 0.3 is 0 Å². The fraction of sp³-hybridized carbons (Fsp3) is 0.316. The SMILES string of the molecule is O=C(NCc1ccccc1F)C1(c2ccc(F)cc2)CCCC1. The number of amides is 1. The normalized spacial score (nSPS) is 16.3. The summed E-state index contributed by atoms with van der Waals surface area (Å²) in [6.07, 6.45) is 3.40. The van der Waals surface area contributed by atoms with Crippen LogP contribution in [0, 0.1) is 11.6 Å². The predicted molar refractivity (Wildman–Crippen MR) is 84.8 cm³/mol. The molecular weight excluding hydrogens is 296 g/mol. The topological polar surface area (TPSA) is 29.1 Å². The van der Waals surface area contributed by atoms with Crippen molar-refractivity contribution in [3.05, 3.63) is 71.3 Å². The summed E-state index contributed by atoms with van der Waals surface area (Å²) in [5, 5.41) is 2.86. The molecule has 1 amide bonds. The number of nitrogens with one attached hydrogen (secondary N) is 1. The lowest BCUT2D eigenvalue weighted by Gasteiger charge is -2.28. The summed E-state index contributed by atoms with van der Waals surface area (Å²) in [6, 6.07) is 12.6. The van der Waals surface area contributed by atoms with E-state index in [-0.39, 0.29) is 24.1 Å². The molecule has 0 aliphatic heterocycles. The molecule has 1 saturated carbocycles. The maximum Gasteiger partial charge on any atom is 0.230 e. The van der Waals surface area contributed by atoms with E-state index in [1.165, 1.54) is 18.2 Å². The van der Waals surface area contributed by atoms with Crippen molar-refractivity contribution in [2.45, 2.75) is 37.6 Å². The maximum atomic E-state index is 13.7. The molecule has 0 heterocycles. The molecule has 0 radical (unpaired) electrons. The molecule has 2 aromatic carbocycles. The lowest BCUT2D eigenvalue weighted by atomic mass is 9.78. The molecule has 23 heavy (non-hydrogen) atoms. The molecule has 0 bridgehead atoms. The number of carbonyl (C=O) groups is 1. The van der Waals surface area contributed by atoms with E-state index in [1.54, 1.807) is 30.3 Å². The first-order valence-corrected chi connectivity index (χ1v) is 7.90. The monoisotopic (exact) mass is 315 g/mol. The molecule has 120 valence electrons. The minimum atomic E-state index is -0.626. The highest BCUT2D eigenvalue weighted by atomic mass is 19.1. The van der Waals surface area contributed by atoms with Gasteiger partial charge in [0, 0.05) is 12.1 Å². The Morgan fingerprint density at radius 3 is 2.30 bits per heavy atom. The van der Waals surface area contributed by atoms with Crippen LogP contribution in [0.3, 0.4) is 0 Å². The largest absolute Gasteiger partial charge is 0.351 e. The Labute approximate surface area is 134 Å². The van der Waals surface area contributed by atoms with Gasteiger partial charge in [-0.15, -0.1) is 0 Å². The number of hydrogen-bond acceptors (Lipinski definition) is 1. The van der Waals surface area contributed by atoms with Gasteiger partial charge in [-0.3, -0.25) is 4.79 Å². The van der Waals surface area contributed by atoms with E-state index in [9.17, 15) is 13.6 Å². The molecule has 1 fully saturated rings.